The van der Waals surface area contributed by atoms with E-state index < -0.39 is 29.9 Å². The summed E-state index contributed by atoms with van der Waals surface area (Å²) in [5.74, 6) is -1.97. The highest BCUT2D eigenvalue weighted by Crippen LogP contribution is 2.30. The Morgan fingerprint density at radius 2 is 1.78 bits per heavy atom. The van der Waals surface area contributed by atoms with E-state index in [0.29, 0.717) is 12.8 Å². The number of hydrogen-bond donors (Lipinski definition) is 4. The molecule has 2 rings (SSSR count). The minimum absolute atomic E-state index is 0.151. The minimum Gasteiger partial charge on any atom is -0.481 e. The Morgan fingerprint density at radius 1 is 1.15 bits per heavy atom. The molecule has 0 saturated heterocycles. The highest BCUT2D eigenvalue weighted by Gasteiger charge is 2.42. The van der Waals surface area contributed by atoms with Gasteiger partial charge in [-0.05, 0) is 24.8 Å². The highest BCUT2D eigenvalue weighted by molar-refractivity contribution is 5.94. The van der Waals surface area contributed by atoms with Crippen LogP contribution in [0, 0.1) is 0 Å². The number of nitrogens with two attached hydrogens (primary N) is 1. The number of carboxylic acid groups (broad SMARTS) is 1. The lowest BCUT2D eigenvalue weighted by Gasteiger charge is -2.38. The molecule has 5 N–H and O–H groups in total. The second kappa shape index (κ2) is 9.50. The maximum absolute atomic E-state index is 13.2. The van der Waals surface area contributed by atoms with Gasteiger partial charge in [0.25, 0.3) is 0 Å². The van der Waals surface area contributed by atoms with E-state index in [-0.39, 0.29) is 11.9 Å². The fourth-order valence-electron chi connectivity index (χ4n) is 3.58. The number of benzene rings is 1. The number of amides is 2. The zero-order valence-corrected chi connectivity index (χ0v) is 15.7. The van der Waals surface area contributed by atoms with Crippen molar-refractivity contribution in [1.29, 1.82) is 0 Å². The quantitative estimate of drug-likeness (QED) is 0.553. The van der Waals surface area contributed by atoms with Crippen LogP contribution in [0.5, 0.6) is 0 Å². The Kier molecular flexibility index (Phi) is 7.36. The van der Waals surface area contributed by atoms with Gasteiger partial charge < -0.3 is 21.5 Å². The molecule has 0 bridgehead atoms. The van der Waals surface area contributed by atoms with E-state index in [4.69, 9.17) is 10.8 Å². The first-order chi connectivity index (χ1) is 12.9. The number of aliphatic carboxylic acids is 1. The SMILES string of the molecule is CC[C@H](NC(=O)C1(NC(=O)[C@@H](N)CC(=O)O)CCCCC1)c1ccccc1. The van der Waals surface area contributed by atoms with Gasteiger partial charge in [-0.3, -0.25) is 14.4 Å². The van der Waals surface area contributed by atoms with Gasteiger partial charge in [-0.15, -0.1) is 0 Å². The Bertz CT molecular complexity index is 656. The van der Waals surface area contributed by atoms with Crippen LogP contribution < -0.4 is 16.4 Å². The number of hydrogen-bond acceptors (Lipinski definition) is 4. The molecule has 1 fully saturated rings. The van der Waals surface area contributed by atoms with Gasteiger partial charge in [-0.1, -0.05) is 56.5 Å². The lowest BCUT2D eigenvalue weighted by Crippen LogP contribution is -2.62. The molecule has 1 aromatic rings. The molecule has 0 spiro atoms. The fraction of sp³-hybridized carbons (Fsp3) is 0.550. The van der Waals surface area contributed by atoms with Gasteiger partial charge in [0.1, 0.15) is 5.54 Å². The molecule has 2 amide bonds. The first-order valence-corrected chi connectivity index (χ1v) is 9.53. The number of carbonyl (C=O) groups is 3. The first-order valence-electron chi connectivity index (χ1n) is 9.53. The van der Waals surface area contributed by atoms with Crippen LogP contribution >= 0.6 is 0 Å². The number of nitrogens with one attached hydrogen (secondary N) is 2. The van der Waals surface area contributed by atoms with Crippen LogP contribution in [0.4, 0.5) is 0 Å². The standard InChI is InChI=1S/C20H29N3O4/c1-2-16(14-9-5-3-6-10-14)22-19(27)20(11-7-4-8-12-20)23-18(26)15(21)13-17(24)25/h3,5-6,9-10,15-16H,2,4,7-8,11-13,21H2,1H3,(H,22,27)(H,23,26)(H,24,25)/t15-,16-/m0/s1. The molecular formula is C20H29N3O4. The molecule has 1 aliphatic rings. The third-order valence-corrected chi connectivity index (χ3v) is 5.15. The highest BCUT2D eigenvalue weighted by atomic mass is 16.4. The van der Waals surface area contributed by atoms with Crippen molar-refractivity contribution >= 4 is 17.8 Å². The summed E-state index contributed by atoms with van der Waals surface area (Å²) in [6.07, 6.45) is 3.95. The average molecular weight is 375 g/mol. The molecule has 0 radical (unpaired) electrons. The summed E-state index contributed by atoms with van der Waals surface area (Å²) in [4.78, 5) is 36.4. The van der Waals surface area contributed by atoms with Crippen LogP contribution in [-0.4, -0.2) is 34.5 Å². The average Bonchev–Trinajstić information content (AvgIpc) is 2.66. The van der Waals surface area contributed by atoms with Crippen LogP contribution in [-0.2, 0) is 14.4 Å². The zero-order chi connectivity index (χ0) is 19.9. The predicted molar refractivity (Wildman–Crippen MR) is 102 cm³/mol. The molecule has 0 aliphatic heterocycles. The van der Waals surface area contributed by atoms with Crippen molar-refractivity contribution in [2.24, 2.45) is 5.73 Å². The number of rotatable bonds is 8. The monoisotopic (exact) mass is 375 g/mol. The second-order valence-electron chi connectivity index (χ2n) is 7.18. The lowest BCUT2D eigenvalue weighted by atomic mass is 9.80. The van der Waals surface area contributed by atoms with Crippen molar-refractivity contribution in [1.82, 2.24) is 10.6 Å². The van der Waals surface area contributed by atoms with Gasteiger partial charge in [0.05, 0.1) is 18.5 Å². The molecular weight excluding hydrogens is 346 g/mol. The van der Waals surface area contributed by atoms with E-state index in [9.17, 15) is 14.4 Å². The lowest BCUT2D eigenvalue weighted by molar-refractivity contribution is -0.140. The number of carboxylic acids is 1. The van der Waals surface area contributed by atoms with E-state index in [0.717, 1.165) is 31.2 Å². The molecule has 7 heteroatoms. The third kappa shape index (κ3) is 5.53. The molecule has 0 unspecified atom stereocenters. The van der Waals surface area contributed by atoms with Crippen molar-refractivity contribution in [3.05, 3.63) is 35.9 Å². The van der Waals surface area contributed by atoms with E-state index in [1.807, 2.05) is 37.3 Å². The van der Waals surface area contributed by atoms with Crippen molar-refractivity contribution in [2.75, 3.05) is 0 Å². The van der Waals surface area contributed by atoms with Crippen molar-refractivity contribution in [3.63, 3.8) is 0 Å². The second-order valence-corrected chi connectivity index (χ2v) is 7.18. The maximum atomic E-state index is 13.2. The van der Waals surface area contributed by atoms with Gasteiger partial charge in [0.15, 0.2) is 0 Å². The smallest absolute Gasteiger partial charge is 0.305 e. The van der Waals surface area contributed by atoms with Crippen LogP contribution in [0.15, 0.2) is 30.3 Å². The van der Waals surface area contributed by atoms with Gasteiger partial charge in [-0.25, -0.2) is 0 Å². The van der Waals surface area contributed by atoms with E-state index >= 15 is 0 Å². The van der Waals surface area contributed by atoms with Gasteiger partial charge in [0.2, 0.25) is 11.8 Å². The molecule has 148 valence electrons. The Balaban J connectivity index is 2.15. The zero-order valence-electron chi connectivity index (χ0n) is 15.7. The van der Waals surface area contributed by atoms with Gasteiger partial charge >= 0.3 is 5.97 Å². The summed E-state index contributed by atoms with van der Waals surface area (Å²) in [6.45, 7) is 1.99. The molecule has 1 aromatic carbocycles. The van der Waals surface area contributed by atoms with E-state index in [1.54, 1.807) is 0 Å². The maximum Gasteiger partial charge on any atom is 0.305 e. The Hall–Kier alpha value is -2.41. The molecule has 7 nitrogen and oxygen atoms in total. The molecule has 1 aliphatic carbocycles. The van der Waals surface area contributed by atoms with Crippen molar-refractivity contribution in [3.8, 4) is 0 Å². The molecule has 0 aromatic heterocycles. The van der Waals surface area contributed by atoms with E-state index in [2.05, 4.69) is 10.6 Å². The molecule has 1 saturated carbocycles. The summed E-state index contributed by atoms with van der Waals surface area (Å²) < 4.78 is 0. The summed E-state index contributed by atoms with van der Waals surface area (Å²) in [7, 11) is 0. The van der Waals surface area contributed by atoms with Crippen LogP contribution in [0.25, 0.3) is 0 Å². The summed E-state index contributed by atoms with van der Waals surface area (Å²) >= 11 is 0. The fourth-order valence-corrected chi connectivity index (χ4v) is 3.58. The molecule has 27 heavy (non-hydrogen) atoms. The normalized spacial score (nSPS) is 18.1. The Labute approximate surface area is 159 Å². The minimum atomic E-state index is -1.18. The largest absolute Gasteiger partial charge is 0.481 e. The van der Waals surface area contributed by atoms with Crippen LogP contribution in [0.2, 0.25) is 0 Å². The predicted octanol–water partition coefficient (Wildman–Crippen LogP) is 1.88. The first kappa shape index (κ1) is 20.9. The summed E-state index contributed by atoms with van der Waals surface area (Å²) in [6, 6.07) is 8.37. The van der Waals surface area contributed by atoms with Crippen LogP contribution in [0.3, 0.4) is 0 Å². The van der Waals surface area contributed by atoms with E-state index in [1.165, 1.54) is 0 Å². The molecule has 2 atom stereocenters. The summed E-state index contributed by atoms with van der Waals surface area (Å²) in [5.41, 5.74) is 5.66. The van der Waals surface area contributed by atoms with Crippen molar-refractivity contribution in [2.45, 2.75) is 69.5 Å². The topological polar surface area (TPSA) is 122 Å². The Morgan fingerprint density at radius 3 is 2.33 bits per heavy atom. The van der Waals surface area contributed by atoms with Crippen molar-refractivity contribution < 1.29 is 19.5 Å². The van der Waals surface area contributed by atoms with Gasteiger partial charge in [-0.2, -0.15) is 0 Å². The van der Waals surface area contributed by atoms with Crippen LogP contribution in [0.1, 0.15) is 63.5 Å². The molecule has 0 heterocycles. The number of carbonyl (C=O) groups excluding carboxylic acids is 2. The third-order valence-electron chi connectivity index (χ3n) is 5.15. The summed E-state index contributed by atoms with van der Waals surface area (Å²) in [5, 5.41) is 14.7. The van der Waals surface area contributed by atoms with Gasteiger partial charge in [0, 0.05) is 0 Å².